The molecule has 0 saturated heterocycles. The average molecular weight is 279 g/mol. The fourth-order valence-corrected chi connectivity index (χ4v) is 1.98. The number of halogens is 2. The lowest BCUT2D eigenvalue weighted by molar-refractivity contribution is -0.0222. The topological polar surface area (TPSA) is 29.9 Å². The Labute approximate surface area is 117 Å². The maximum absolute atomic E-state index is 14.1. The van der Waals surface area contributed by atoms with Crippen LogP contribution in [0.4, 0.5) is 8.78 Å². The van der Waals surface area contributed by atoms with Crippen LogP contribution in [0.5, 0.6) is 0 Å². The van der Waals surface area contributed by atoms with Crippen LogP contribution in [0, 0.1) is 0 Å². The van der Waals surface area contributed by atoms with E-state index in [2.05, 4.69) is 17.2 Å². The van der Waals surface area contributed by atoms with Crippen molar-refractivity contribution in [3.8, 4) is 0 Å². The van der Waals surface area contributed by atoms with Crippen molar-refractivity contribution in [1.82, 2.24) is 14.9 Å². The highest BCUT2D eigenvalue weighted by Gasteiger charge is 2.31. The van der Waals surface area contributed by atoms with Gasteiger partial charge in [-0.05, 0) is 13.0 Å². The maximum Gasteiger partial charge on any atom is 0.290 e. The van der Waals surface area contributed by atoms with Crippen LogP contribution in [0.1, 0.15) is 24.6 Å². The molecule has 5 heteroatoms. The van der Waals surface area contributed by atoms with Gasteiger partial charge in [0.2, 0.25) is 0 Å². The molecule has 0 atom stereocenters. The quantitative estimate of drug-likeness (QED) is 0.789. The summed E-state index contributed by atoms with van der Waals surface area (Å²) in [6.45, 7) is 3.19. The van der Waals surface area contributed by atoms with Crippen molar-refractivity contribution in [2.75, 3.05) is 6.54 Å². The first-order valence-corrected chi connectivity index (χ1v) is 6.76. The van der Waals surface area contributed by atoms with Crippen LogP contribution in [-0.2, 0) is 19.0 Å². The van der Waals surface area contributed by atoms with E-state index in [1.807, 2.05) is 0 Å². The van der Waals surface area contributed by atoms with Gasteiger partial charge in [0.1, 0.15) is 0 Å². The highest BCUT2D eigenvalue weighted by Crippen LogP contribution is 2.29. The van der Waals surface area contributed by atoms with Crippen molar-refractivity contribution in [1.29, 1.82) is 0 Å². The van der Waals surface area contributed by atoms with E-state index in [1.165, 1.54) is 23.0 Å². The van der Waals surface area contributed by atoms with Gasteiger partial charge in [0.15, 0.2) is 0 Å². The predicted molar refractivity (Wildman–Crippen MR) is 74.6 cm³/mol. The summed E-state index contributed by atoms with van der Waals surface area (Å²) in [5.74, 6) is -2.89. The molecule has 0 aliphatic rings. The molecule has 20 heavy (non-hydrogen) atoms. The largest absolute Gasteiger partial charge is 0.331 e. The average Bonchev–Trinajstić information content (AvgIpc) is 2.87. The van der Waals surface area contributed by atoms with Crippen molar-refractivity contribution < 1.29 is 8.78 Å². The predicted octanol–water partition coefficient (Wildman–Crippen LogP) is 3.17. The van der Waals surface area contributed by atoms with Crippen LogP contribution < -0.4 is 5.32 Å². The summed E-state index contributed by atoms with van der Waals surface area (Å²) in [7, 11) is 0. The zero-order valence-corrected chi connectivity index (χ0v) is 11.5. The highest BCUT2D eigenvalue weighted by atomic mass is 19.3. The van der Waals surface area contributed by atoms with Crippen LogP contribution in [0.2, 0.25) is 0 Å². The van der Waals surface area contributed by atoms with Gasteiger partial charge >= 0.3 is 0 Å². The molecule has 0 aliphatic heterocycles. The van der Waals surface area contributed by atoms with Crippen molar-refractivity contribution >= 4 is 0 Å². The Morgan fingerprint density at radius 3 is 2.70 bits per heavy atom. The third-order valence-corrected chi connectivity index (χ3v) is 3.00. The summed E-state index contributed by atoms with van der Waals surface area (Å²) >= 11 is 0. The number of nitrogens with one attached hydrogen (secondary N) is 1. The Balaban J connectivity index is 1.99. The van der Waals surface area contributed by atoms with Gasteiger partial charge in [0, 0.05) is 18.3 Å². The van der Waals surface area contributed by atoms with Gasteiger partial charge in [0.25, 0.3) is 5.92 Å². The summed E-state index contributed by atoms with van der Waals surface area (Å²) in [6.07, 6.45) is 4.16. The number of imidazole rings is 1. The zero-order valence-electron chi connectivity index (χ0n) is 11.5. The first-order valence-electron chi connectivity index (χ1n) is 6.76. The number of nitrogens with zero attached hydrogens (tertiary/aromatic N) is 2. The molecule has 1 N–H and O–H groups in total. The Kier molecular flexibility index (Phi) is 4.84. The fourth-order valence-electron chi connectivity index (χ4n) is 1.98. The van der Waals surface area contributed by atoms with Gasteiger partial charge in [-0.15, -0.1) is 0 Å². The van der Waals surface area contributed by atoms with Crippen molar-refractivity contribution in [3.05, 3.63) is 54.1 Å². The summed E-state index contributed by atoms with van der Waals surface area (Å²) in [5, 5.41) is 3.20. The standard InChI is InChI=1S/C15H19F2N3/c1-2-8-18-9-14-10-20(12-19-14)11-15(16,17)13-6-4-3-5-7-13/h3-7,10,12,18H,2,8-9,11H2,1H3. The lowest BCUT2D eigenvalue weighted by atomic mass is 10.1. The minimum absolute atomic E-state index is 0.0272. The number of aromatic nitrogens is 2. The first kappa shape index (κ1) is 14.7. The van der Waals surface area contributed by atoms with Crippen LogP contribution in [-0.4, -0.2) is 16.1 Å². The van der Waals surface area contributed by atoms with E-state index >= 15 is 0 Å². The van der Waals surface area contributed by atoms with E-state index in [-0.39, 0.29) is 5.56 Å². The van der Waals surface area contributed by atoms with Crippen LogP contribution in [0.15, 0.2) is 42.9 Å². The molecule has 0 aliphatic carbocycles. The maximum atomic E-state index is 14.1. The van der Waals surface area contributed by atoms with Crippen molar-refractivity contribution in [2.45, 2.75) is 32.4 Å². The number of hydrogen-bond donors (Lipinski definition) is 1. The second kappa shape index (κ2) is 6.61. The highest BCUT2D eigenvalue weighted by molar-refractivity contribution is 5.19. The molecule has 0 radical (unpaired) electrons. The molecular weight excluding hydrogens is 260 g/mol. The molecule has 2 aromatic rings. The Morgan fingerprint density at radius 1 is 1.25 bits per heavy atom. The third kappa shape index (κ3) is 3.87. The molecule has 1 heterocycles. The molecule has 0 fully saturated rings. The normalized spacial score (nSPS) is 11.8. The summed E-state index contributed by atoms with van der Waals surface area (Å²) in [6, 6.07) is 7.87. The van der Waals surface area contributed by atoms with Crippen LogP contribution >= 0.6 is 0 Å². The molecule has 1 aromatic heterocycles. The van der Waals surface area contributed by atoms with Gasteiger partial charge in [-0.25, -0.2) is 4.98 Å². The van der Waals surface area contributed by atoms with Crippen molar-refractivity contribution in [2.24, 2.45) is 0 Å². The van der Waals surface area contributed by atoms with Crippen LogP contribution in [0.25, 0.3) is 0 Å². The minimum Gasteiger partial charge on any atom is -0.331 e. The summed E-state index contributed by atoms with van der Waals surface area (Å²) < 4.78 is 29.6. The van der Waals surface area contributed by atoms with E-state index in [1.54, 1.807) is 24.4 Å². The summed E-state index contributed by atoms with van der Waals surface area (Å²) in [5.41, 5.74) is 0.807. The van der Waals surface area contributed by atoms with Gasteiger partial charge in [-0.2, -0.15) is 8.78 Å². The smallest absolute Gasteiger partial charge is 0.290 e. The number of alkyl halides is 2. The van der Waals surface area contributed by atoms with Gasteiger partial charge < -0.3 is 9.88 Å². The lowest BCUT2D eigenvalue weighted by Gasteiger charge is -2.17. The molecule has 0 bridgehead atoms. The SMILES string of the molecule is CCCNCc1cn(CC(F)(F)c2ccccc2)cn1. The third-order valence-electron chi connectivity index (χ3n) is 3.00. The Hall–Kier alpha value is -1.75. The lowest BCUT2D eigenvalue weighted by Crippen LogP contribution is -2.20. The molecule has 3 nitrogen and oxygen atoms in total. The second-order valence-corrected chi connectivity index (χ2v) is 4.78. The molecule has 2 rings (SSSR count). The number of rotatable bonds is 7. The molecule has 0 saturated carbocycles. The van der Waals surface area contributed by atoms with Gasteiger partial charge in [0.05, 0.1) is 18.6 Å². The Bertz CT molecular complexity index is 523. The van der Waals surface area contributed by atoms with E-state index in [4.69, 9.17) is 0 Å². The molecular formula is C15H19F2N3. The second-order valence-electron chi connectivity index (χ2n) is 4.78. The van der Waals surface area contributed by atoms with E-state index < -0.39 is 12.5 Å². The van der Waals surface area contributed by atoms with E-state index in [0.717, 1.165) is 18.7 Å². The van der Waals surface area contributed by atoms with E-state index in [9.17, 15) is 8.78 Å². The van der Waals surface area contributed by atoms with Crippen molar-refractivity contribution in [3.63, 3.8) is 0 Å². The monoisotopic (exact) mass is 279 g/mol. The molecule has 108 valence electrons. The Morgan fingerprint density at radius 2 is 2.00 bits per heavy atom. The zero-order chi connectivity index (χ0) is 14.4. The van der Waals surface area contributed by atoms with E-state index in [0.29, 0.717) is 6.54 Å². The molecule has 0 spiro atoms. The van der Waals surface area contributed by atoms with Gasteiger partial charge in [-0.1, -0.05) is 37.3 Å². The summed E-state index contributed by atoms with van der Waals surface area (Å²) in [4.78, 5) is 4.13. The molecule has 0 unspecified atom stereocenters. The molecule has 0 amide bonds. The number of benzene rings is 1. The van der Waals surface area contributed by atoms with Crippen LogP contribution in [0.3, 0.4) is 0 Å². The minimum atomic E-state index is -2.89. The molecule has 1 aromatic carbocycles. The first-order chi connectivity index (χ1) is 9.62. The fraction of sp³-hybridized carbons (Fsp3) is 0.400. The van der Waals surface area contributed by atoms with Gasteiger partial charge in [-0.3, -0.25) is 0 Å². The number of hydrogen-bond acceptors (Lipinski definition) is 2.